The van der Waals surface area contributed by atoms with E-state index >= 15 is 0 Å². The van der Waals surface area contributed by atoms with Gasteiger partial charge in [-0.25, -0.2) is 4.79 Å². The maximum absolute atomic E-state index is 11.6. The summed E-state index contributed by atoms with van der Waals surface area (Å²) >= 11 is 0. The predicted molar refractivity (Wildman–Crippen MR) is 50.6 cm³/mol. The number of hydrogen-bond donors (Lipinski definition) is 2. The van der Waals surface area contributed by atoms with Crippen molar-refractivity contribution in [1.29, 1.82) is 0 Å². The van der Waals surface area contributed by atoms with Crippen molar-refractivity contribution in [1.82, 2.24) is 15.5 Å². The maximum atomic E-state index is 11.6. The van der Waals surface area contributed by atoms with Gasteiger partial charge in [-0.1, -0.05) is 0 Å². The Kier molecular flexibility index (Phi) is 2.15. The zero-order valence-electron chi connectivity index (χ0n) is 8.21. The van der Waals surface area contributed by atoms with E-state index in [0.29, 0.717) is 18.1 Å². The van der Waals surface area contributed by atoms with Crippen LogP contribution in [0.15, 0.2) is 0 Å². The lowest BCUT2D eigenvalue weighted by Gasteiger charge is -2.32. The van der Waals surface area contributed by atoms with Crippen LogP contribution in [-0.2, 0) is 0 Å². The first-order valence-corrected chi connectivity index (χ1v) is 4.99. The minimum atomic E-state index is 0.105. The molecule has 2 N–H and O–H groups in total. The van der Waals surface area contributed by atoms with Gasteiger partial charge in [-0.15, -0.1) is 0 Å². The molecule has 2 heterocycles. The topological polar surface area (TPSA) is 44.4 Å². The van der Waals surface area contributed by atoms with Gasteiger partial charge in [0.25, 0.3) is 0 Å². The van der Waals surface area contributed by atoms with Gasteiger partial charge in [-0.2, -0.15) is 0 Å². The van der Waals surface area contributed by atoms with E-state index in [9.17, 15) is 4.79 Å². The molecule has 2 atom stereocenters. The lowest BCUT2D eigenvalue weighted by Crippen LogP contribution is -2.50. The summed E-state index contributed by atoms with van der Waals surface area (Å²) in [5.74, 6) is 0. The van der Waals surface area contributed by atoms with E-state index in [0.717, 1.165) is 19.5 Å². The first-order chi connectivity index (χ1) is 6.20. The summed E-state index contributed by atoms with van der Waals surface area (Å²) in [7, 11) is 0. The molecule has 2 amide bonds. The van der Waals surface area contributed by atoms with Crippen molar-refractivity contribution in [2.75, 3.05) is 13.1 Å². The van der Waals surface area contributed by atoms with Crippen molar-refractivity contribution in [2.24, 2.45) is 0 Å². The molecular formula is C9H17N3O. The number of urea groups is 1. The third kappa shape index (κ3) is 1.39. The molecule has 0 aromatic carbocycles. The molecule has 0 unspecified atom stereocenters. The average molecular weight is 183 g/mol. The summed E-state index contributed by atoms with van der Waals surface area (Å²) in [4.78, 5) is 13.5. The van der Waals surface area contributed by atoms with Crippen LogP contribution in [0.4, 0.5) is 4.79 Å². The molecule has 0 bridgehead atoms. The second-order valence-electron chi connectivity index (χ2n) is 4.12. The number of fused-ring (bicyclic) bond motifs is 1. The van der Waals surface area contributed by atoms with E-state index in [-0.39, 0.29) is 6.03 Å². The largest absolute Gasteiger partial charge is 0.332 e. The average Bonchev–Trinajstić information content (AvgIpc) is 2.39. The molecule has 4 heteroatoms. The van der Waals surface area contributed by atoms with Crippen molar-refractivity contribution in [3.8, 4) is 0 Å². The number of nitrogens with one attached hydrogen (secondary N) is 2. The second kappa shape index (κ2) is 3.18. The summed E-state index contributed by atoms with van der Waals surface area (Å²) in [5, 5.41) is 6.31. The lowest BCUT2D eigenvalue weighted by molar-refractivity contribution is 0.172. The fourth-order valence-electron chi connectivity index (χ4n) is 2.33. The molecule has 2 aliphatic heterocycles. The standard InChI is InChI=1S/C9H17N3O/c1-6(2)12-8-3-4-10-5-7(8)11-9(12)13/h6-8,10H,3-5H2,1-2H3,(H,11,13)/t7-,8-/m0/s1. The molecule has 2 aliphatic rings. The highest BCUT2D eigenvalue weighted by atomic mass is 16.2. The molecule has 2 fully saturated rings. The summed E-state index contributed by atoms with van der Waals surface area (Å²) in [5.41, 5.74) is 0. The molecule has 2 saturated heterocycles. The minimum Gasteiger partial charge on any atom is -0.332 e. The molecule has 74 valence electrons. The molecule has 0 spiro atoms. The van der Waals surface area contributed by atoms with Gasteiger partial charge < -0.3 is 15.5 Å². The van der Waals surface area contributed by atoms with E-state index in [1.807, 2.05) is 4.90 Å². The van der Waals surface area contributed by atoms with E-state index in [2.05, 4.69) is 24.5 Å². The fraction of sp³-hybridized carbons (Fsp3) is 0.889. The van der Waals surface area contributed by atoms with Crippen molar-refractivity contribution < 1.29 is 4.79 Å². The van der Waals surface area contributed by atoms with Gasteiger partial charge in [0.2, 0.25) is 0 Å². The second-order valence-corrected chi connectivity index (χ2v) is 4.12. The van der Waals surface area contributed by atoms with Crippen LogP contribution in [0.25, 0.3) is 0 Å². The maximum Gasteiger partial charge on any atom is 0.318 e. The van der Waals surface area contributed by atoms with Crippen molar-refractivity contribution in [3.05, 3.63) is 0 Å². The number of carbonyl (C=O) groups excluding carboxylic acids is 1. The van der Waals surface area contributed by atoms with Crippen molar-refractivity contribution >= 4 is 6.03 Å². The summed E-state index contributed by atoms with van der Waals surface area (Å²) < 4.78 is 0. The summed E-state index contributed by atoms with van der Waals surface area (Å²) in [6, 6.07) is 1.15. The Morgan fingerprint density at radius 2 is 2.31 bits per heavy atom. The first kappa shape index (κ1) is 8.81. The Labute approximate surface area is 78.7 Å². The SMILES string of the molecule is CC(C)N1C(=O)N[C@H]2CNCC[C@@H]21. The highest BCUT2D eigenvalue weighted by Gasteiger charge is 2.41. The van der Waals surface area contributed by atoms with Crippen LogP contribution in [-0.4, -0.2) is 42.1 Å². The monoisotopic (exact) mass is 183 g/mol. The molecular weight excluding hydrogens is 166 g/mol. The van der Waals surface area contributed by atoms with Crippen molar-refractivity contribution in [3.63, 3.8) is 0 Å². The zero-order chi connectivity index (χ0) is 9.42. The Bertz CT molecular complexity index is 217. The predicted octanol–water partition coefficient (Wildman–Crippen LogP) is 0.150. The van der Waals surface area contributed by atoms with Gasteiger partial charge in [0.15, 0.2) is 0 Å². The highest BCUT2D eigenvalue weighted by Crippen LogP contribution is 2.21. The van der Waals surface area contributed by atoms with Gasteiger partial charge in [-0.3, -0.25) is 0 Å². The molecule has 0 aromatic heterocycles. The van der Waals surface area contributed by atoms with Gasteiger partial charge in [-0.05, 0) is 26.8 Å². The normalized spacial score (nSPS) is 33.5. The van der Waals surface area contributed by atoms with Crippen LogP contribution in [0.2, 0.25) is 0 Å². The lowest BCUT2D eigenvalue weighted by atomic mass is 10.0. The fourth-order valence-corrected chi connectivity index (χ4v) is 2.33. The number of nitrogens with zero attached hydrogens (tertiary/aromatic N) is 1. The van der Waals surface area contributed by atoms with Gasteiger partial charge >= 0.3 is 6.03 Å². The molecule has 0 aromatic rings. The smallest absolute Gasteiger partial charge is 0.318 e. The van der Waals surface area contributed by atoms with E-state index < -0.39 is 0 Å². The third-order valence-electron chi connectivity index (χ3n) is 2.90. The number of hydrogen-bond acceptors (Lipinski definition) is 2. The van der Waals surface area contributed by atoms with Gasteiger partial charge in [0.05, 0.1) is 12.1 Å². The first-order valence-electron chi connectivity index (χ1n) is 4.99. The van der Waals surface area contributed by atoms with Crippen LogP contribution < -0.4 is 10.6 Å². The van der Waals surface area contributed by atoms with Crippen LogP contribution in [0.1, 0.15) is 20.3 Å². The van der Waals surface area contributed by atoms with Gasteiger partial charge in [0.1, 0.15) is 0 Å². The number of piperidine rings is 1. The Hall–Kier alpha value is -0.770. The quantitative estimate of drug-likeness (QED) is 0.608. The van der Waals surface area contributed by atoms with Crippen molar-refractivity contribution in [2.45, 2.75) is 38.4 Å². The van der Waals surface area contributed by atoms with E-state index in [4.69, 9.17) is 0 Å². The molecule has 13 heavy (non-hydrogen) atoms. The minimum absolute atomic E-state index is 0.105. The van der Waals surface area contributed by atoms with Crippen LogP contribution >= 0.6 is 0 Å². The van der Waals surface area contributed by atoms with Crippen LogP contribution in [0.5, 0.6) is 0 Å². The number of carbonyl (C=O) groups is 1. The molecule has 0 radical (unpaired) electrons. The Balaban J connectivity index is 2.13. The Morgan fingerprint density at radius 1 is 1.54 bits per heavy atom. The van der Waals surface area contributed by atoms with Crippen LogP contribution in [0.3, 0.4) is 0 Å². The molecule has 0 saturated carbocycles. The van der Waals surface area contributed by atoms with Crippen LogP contribution in [0, 0.1) is 0 Å². The summed E-state index contributed by atoms with van der Waals surface area (Å²) in [6.45, 7) is 6.09. The number of rotatable bonds is 1. The summed E-state index contributed by atoms with van der Waals surface area (Å²) in [6.07, 6.45) is 1.07. The molecule has 0 aliphatic carbocycles. The highest BCUT2D eigenvalue weighted by molar-refractivity contribution is 5.78. The zero-order valence-corrected chi connectivity index (χ0v) is 8.21. The van der Waals surface area contributed by atoms with E-state index in [1.165, 1.54) is 0 Å². The van der Waals surface area contributed by atoms with E-state index in [1.54, 1.807) is 0 Å². The molecule has 4 nitrogen and oxygen atoms in total. The molecule has 2 rings (SSSR count). The number of amides is 2. The Morgan fingerprint density at radius 3 is 3.00 bits per heavy atom. The van der Waals surface area contributed by atoms with Gasteiger partial charge in [0, 0.05) is 12.6 Å². The third-order valence-corrected chi connectivity index (χ3v) is 2.90.